The first-order valence-corrected chi connectivity index (χ1v) is 6.14. The van der Waals surface area contributed by atoms with Crippen molar-refractivity contribution in [3.05, 3.63) is 16.6 Å². The van der Waals surface area contributed by atoms with Crippen molar-refractivity contribution in [2.45, 2.75) is 25.8 Å². The Balaban J connectivity index is 2.15. The van der Waals surface area contributed by atoms with Crippen LogP contribution in [0, 0.1) is 0 Å². The van der Waals surface area contributed by atoms with Gasteiger partial charge in [-0.25, -0.2) is 9.78 Å². The van der Waals surface area contributed by atoms with Crippen molar-refractivity contribution in [2.24, 2.45) is 0 Å². The average molecular weight is 225 g/mol. The molecular weight excluding hydrogens is 210 g/mol. The maximum Gasteiger partial charge on any atom is 0.317 e. The highest BCUT2D eigenvalue weighted by Gasteiger charge is 2.27. The Hall–Kier alpha value is -1.10. The summed E-state index contributed by atoms with van der Waals surface area (Å²) in [7, 11) is 0. The molecule has 4 nitrogen and oxygen atoms in total. The summed E-state index contributed by atoms with van der Waals surface area (Å²) in [6.07, 6.45) is 3.74. The van der Waals surface area contributed by atoms with Gasteiger partial charge in [-0.05, 0) is 12.8 Å². The molecular formula is C10H15N3OS. The molecule has 1 atom stereocenters. The van der Waals surface area contributed by atoms with Gasteiger partial charge in [0.1, 0.15) is 5.01 Å². The Bertz CT molecular complexity index is 325. The first-order chi connectivity index (χ1) is 7.33. The standard InChI is InChI=1S/C10H15N3OS/c1-2-8(9-11-5-7-15-9)13-6-3-4-12-10(13)14/h5,7-8H,2-4,6H2,1H3,(H,12,14). The molecule has 2 amide bonds. The predicted octanol–water partition coefficient (Wildman–Crippen LogP) is 2.01. The van der Waals surface area contributed by atoms with Gasteiger partial charge < -0.3 is 10.2 Å². The molecule has 0 aliphatic carbocycles. The molecule has 82 valence electrons. The number of nitrogens with zero attached hydrogens (tertiary/aromatic N) is 2. The topological polar surface area (TPSA) is 45.2 Å². The van der Waals surface area contributed by atoms with Crippen LogP contribution in [0.1, 0.15) is 30.8 Å². The molecule has 1 aromatic heterocycles. The zero-order valence-corrected chi connectivity index (χ0v) is 9.59. The molecule has 1 N–H and O–H groups in total. The second-order valence-electron chi connectivity index (χ2n) is 3.57. The maximum absolute atomic E-state index is 11.7. The predicted molar refractivity (Wildman–Crippen MR) is 59.9 cm³/mol. The Morgan fingerprint density at radius 1 is 1.73 bits per heavy atom. The molecule has 1 aliphatic heterocycles. The van der Waals surface area contributed by atoms with E-state index in [-0.39, 0.29) is 12.1 Å². The number of nitrogens with one attached hydrogen (secondary N) is 1. The zero-order chi connectivity index (χ0) is 10.7. The van der Waals surface area contributed by atoms with Crippen molar-refractivity contribution in [1.29, 1.82) is 0 Å². The number of thiazole rings is 1. The van der Waals surface area contributed by atoms with Crippen LogP contribution in [0.5, 0.6) is 0 Å². The summed E-state index contributed by atoms with van der Waals surface area (Å²) < 4.78 is 0. The lowest BCUT2D eigenvalue weighted by atomic mass is 10.2. The van der Waals surface area contributed by atoms with Gasteiger partial charge in [-0.3, -0.25) is 0 Å². The van der Waals surface area contributed by atoms with Gasteiger partial charge >= 0.3 is 6.03 Å². The van der Waals surface area contributed by atoms with Crippen molar-refractivity contribution < 1.29 is 4.79 Å². The van der Waals surface area contributed by atoms with E-state index in [1.807, 2.05) is 10.3 Å². The third-order valence-electron chi connectivity index (χ3n) is 2.61. The summed E-state index contributed by atoms with van der Waals surface area (Å²) >= 11 is 1.62. The molecule has 2 heterocycles. The van der Waals surface area contributed by atoms with Gasteiger partial charge in [-0.2, -0.15) is 0 Å². The van der Waals surface area contributed by atoms with Gasteiger partial charge in [-0.15, -0.1) is 11.3 Å². The van der Waals surface area contributed by atoms with E-state index in [9.17, 15) is 4.79 Å². The van der Waals surface area contributed by atoms with Crippen molar-refractivity contribution in [1.82, 2.24) is 15.2 Å². The van der Waals surface area contributed by atoms with Gasteiger partial charge in [0.05, 0.1) is 6.04 Å². The van der Waals surface area contributed by atoms with Crippen LogP contribution in [-0.4, -0.2) is 29.0 Å². The third-order valence-corrected chi connectivity index (χ3v) is 3.49. The first-order valence-electron chi connectivity index (χ1n) is 5.26. The minimum atomic E-state index is 0.0447. The fourth-order valence-electron chi connectivity index (χ4n) is 1.87. The Morgan fingerprint density at radius 3 is 3.20 bits per heavy atom. The summed E-state index contributed by atoms with van der Waals surface area (Å²) in [5, 5.41) is 5.87. The molecule has 1 saturated heterocycles. The second-order valence-corrected chi connectivity index (χ2v) is 4.50. The molecule has 1 fully saturated rings. The molecule has 2 rings (SSSR count). The van der Waals surface area contributed by atoms with E-state index >= 15 is 0 Å². The van der Waals surface area contributed by atoms with E-state index in [1.54, 1.807) is 17.5 Å². The molecule has 0 bridgehead atoms. The van der Waals surface area contributed by atoms with Crippen molar-refractivity contribution in [2.75, 3.05) is 13.1 Å². The first kappa shape index (κ1) is 10.4. The van der Waals surface area contributed by atoms with Gasteiger partial charge in [0.15, 0.2) is 0 Å². The van der Waals surface area contributed by atoms with E-state index in [1.165, 1.54) is 0 Å². The highest BCUT2D eigenvalue weighted by Crippen LogP contribution is 2.26. The number of hydrogen-bond donors (Lipinski definition) is 1. The summed E-state index contributed by atoms with van der Waals surface area (Å²) in [6.45, 7) is 3.72. The number of aromatic nitrogens is 1. The molecule has 15 heavy (non-hydrogen) atoms. The Morgan fingerprint density at radius 2 is 2.60 bits per heavy atom. The number of rotatable bonds is 3. The fourth-order valence-corrected chi connectivity index (χ4v) is 2.71. The highest BCUT2D eigenvalue weighted by atomic mass is 32.1. The number of amides is 2. The number of carbonyl (C=O) groups is 1. The number of carbonyl (C=O) groups excluding carboxylic acids is 1. The summed E-state index contributed by atoms with van der Waals surface area (Å²) in [5.41, 5.74) is 0. The molecule has 0 aromatic carbocycles. The highest BCUT2D eigenvalue weighted by molar-refractivity contribution is 7.09. The van der Waals surface area contributed by atoms with Gasteiger partial charge in [0.2, 0.25) is 0 Å². The van der Waals surface area contributed by atoms with Crippen LogP contribution in [0.4, 0.5) is 4.79 Å². The van der Waals surface area contributed by atoms with Crippen LogP contribution in [0.2, 0.25) is 0 Å². The van der Waals surface area contributed by atoms with Crippen LogP contribution in [0.25, 0.3) is 0 Å². The summed E-state index contributed by atoms with van der Waals surface area (Å²) in [4.78, 5) is 17.9. The van der Waals surface area contributed by atoms with E-state index in [2.05, 4.69) is 17.2 Å². The van der Waals surface area contributed by atoms with E-state index in [0.29, 0.717) is 0 Å². The van der Waals surface area contributed by atoms with E-state index in [0.717, 1.165) is 30.9 Å². The molecule has 0 saturated carbocycles. The maximum atomic E-state index is 11.7. The summed E-state index contributed by atoms with van der Waals surface area (Å²) in [5.74, 6) is 0. The molecule has 0 radical (unpaired) electrons. The van der Waals surface area contributed by atoms with Crippen LogP contribution in [0.15, 0.2) is 11.6 Å². The van der Waals surface area contributed by atoms with Crippen molar-refractivity contribution in [3.63, 3.8) is 0 Å². The molecule has 0 spiro atoms. The largest absolute Gasteiger partial charge is 0.338 e. The van der Waals surface area contributed by atoms with Crippen LogP contribution >= 0.6 is 11.3 Å². The molecule has 1 aliphatic rings. The number of urea groups is 1. The van der Waals surface area contributed by atoms with E-state index < -0.39 is 0 Å². The van der Waals surface area contributed by atoms with Crippen LogP contribution < -0.4 is 5.32 Å². The van der Waals surface area contributed by atoms with Crippen molar-refractivity contribution in [3.8, 4) is 0 Å². The van der Waals surface area contributed by atoms with E-state index in [4.69, 9.17) is 0 Å². The summed E-state index contributed by atoms with van der Waals surface area (Å²) in [6, 6.07) is 0.189. The molecule has 1 aromatic rings. The average Bonchev–Trinajstić information content (AvgIpc) is 2.75. The monoisotopic (exact) mass is 225 g/mol. The Kier molecular flexibility index (Phi) is 3.20. The van der Waals surface area contributed by atoms with Gasteiger partial charge in [0, 0.05) is 24.7 Å². The normalized spacial score (nSPS) is 18.7. The lowest BCUT2D eigenvalue weighted by molar-refractivity contribution is 0.159. The van der Waals surface area contributed by atoms with Gasteiger partial charge in [0.25, 0.3) is 0 Å². The molecule has 1 unspecified atom stereocenters. The zero-order valence-electron chi connectivity index (χ0n) is 8.77. The quantitative estimate of drug-likeness (QED) is 0.855. The SMILES string of the molecule is CCC(c1nccs1)N1CCCNC1=O. The van der Waals surface area contributed by atoms with Crippen molar-refractivity contribution >= 4 is 17.4 Å². The lowest BCUT2D eigenvalue weighted by Crippen LogP contribution is -2.47. The Labute approximate surface area is 93.3 Å². The smallest absolute Gasteiger partial charge is 0.317 e. The fraction of sp³-hybridized carbons (Fsp3) is 0.600. The third kappa shape index (κ3) is 2.12. The lowest BCUT2D eigenvalue weighted by Gasteiger charge is -2.33. The number of hydrogen-bond acceptors (Lipinski definition) is 3. The minimum Gasteiger partial charge on any atom is -0.338 e. The second kappa shape index (κ2) is 4.61. The minimum absolute atomic E-state index is 0.0447. The van der Waals surface area contributed by atoms with Crippen LogP contribution in [0.3, 0.4) is 0 Å². The van der Waals surface area contributed by atoms with Crippen LogP contribution in [-0.2, 0) is 0 Å². The molecule has 5 heteroatoms. The van der Waals surface area contributed by atoms with Gasteiger partial charge in [-0.1, -0.05) is 6.92 Å².